The third kappa shape index (κ3) is 8.41. The number of hydrogen-bond acceptors (Lipinski definition) is 4. The average molecular weight is 509 g/mol. The summed E-state index contributed by atoms with van der Waals surface area (Å²) in [4.78, 5) is 9.45. The molecule has 7 heteroatoms. The molecule has 0 saturated carbocycles. The van der Waals surface area contributed by atoms with Gasteiger partial charge in [0, 0.05) is 46.3 Å². The van der Waals surface area contributed by atoms with Gasteiger partial charge in [-0.3, -0.25) is 15.1 Å². The van der Waals surface area contributed by atoms with Crippen LogP contribution in [0.25, 0.3) is 11.3 Å². The molecule has 2 aromatic carbocycles. The average Bonchev–Trinajstić information content (AvgIpc) is 3.38. The van der Waals surface area contributed by atoms with Crippen molar-refractivity contribution < 1.29 is 8.78 Å². The third-order valence-electron chi connectivity index (χ3n) is 5.15. The molecular weight excluding hydrogens is 474 g/mol. The molecule has 3 rings (SSSR count). The molecule has 4 nitrogen and oxygen atoms in total. The van der Waals surface area contributed by atoms with E-state index in [9.17, 15) is 8.78 Å². The van der Waals surface area contributed by atoms with E-state index in [2.05, 4.69) is 70.9 Å². The zero-order valence-electron chi connectivity index (χ0n) is 21.6. The fourth-order valence-electron chi connectivity index (χ4n) is 3.20. The van der Waals surface area contributed by atoms with Gasteiger partial charge in [0.1, 0.15) is 0 Å². The van der Waals surface area contributed by atoms with Gasteiger partial charge in [-0.25, -0.2) is 8.78 Å². The van der Waals surface area contributed by atoms with Gasteiger partial charge >= 0.3 is 0 Å². The van der Waals surface area contributed by atoms with E-state index in [0.29, 0.717) is 17.0 Å². The molecule has 0 aliphatic heterocycles. The Kier molecular flexibility index (Phi) is 12.0. The van der Waals surface area contributed by atoms with Gasteiger partial charge in [-0.05, 0) is 62.8 Å². The molecule has 0 unspecified atom stereocenters. The predicted molar refractivity (Wildman–Crippen MR) is 150 cm³/mol. The second-order valence-corrected chi connectivity index (χ2v) is 9.06. The Hall–Kier alpha value is -3.32. The van der Waals surface area contributed by atoms with Gasteiger partial charge in [-0.2, -0.15) is 5.10 Å². The molecule has 1 heterocycles. The number of benzene rings is 2. The first-order valence-electron chi connectivity index (χ1n) is 11.9. The first-order valence-corrected chi connectivity index (χ1v) is 12.9. The van der Waals surface area contributed by atoms with E-state index in [1.54, 1.807) is 33.2 Å². The summed E-state index contributed by atoms with van der Waals surface area (Å²) in [5, 5.41) is 7.36. The SMILES string of the molecule is C=C(C=NC)/C(=C\C)N=C(C)c1cccc(F)c1F.CCCSc1ccc(-c2cc(CC)[nH]n2)cc1. The predicted octanol–water partition coefficient (Wildman–Crippen LogP) is 8.08. The number of aromatic nitrogens is 2. The first kappa shape index (κ1) is 28.9. The Morgan fingerprint density at radius 1 is 1.14 bits per heavy atom. The number of aromatic amines is 1. The Morgan fingerprint density at radius 2 is 1.86 bits per heavy atom. The highest BCUT2D eigenvalue weighted by Gasteiger charge is 2.10. The van der Waals surface area contributed by atoms with Crippen LogP contribution in [0, 0.1) is 11.6 Å². The maximum atomic E-state index is 13.6. The monoisotopic (exact) mass is 508 g/mol. The fourth-order valence-corrected chi connectivity index (χ4v) is 3.97. The van der Waals surface area contributed by atoms with Gasteiger partial charge in [0.25, 0.3) is 0 Å². The van der Waals surface area contributed by atoms with Crippen LogP contribution < -0.4 is 0 Å². The second-order valence-electron chi connectivity index (χ2n) is 7.89. The lowest BCUT2D eigenvalue weighted by Gasteiger charge is -2.06. The quantitative estimate of drug-likeness (QED) is 0.180. The maximum absolute atomic E-state index is 13.6. The Labute approximate surface area is 217 Å². The van der Waals surface area contributed by atoms with Crippen LogP contribution in [0.1, 0.15) is 45.4 Å². The number of aliphatic imine (C=N–C) groups is 2. The minimum Gasteiger partial charge on any atom is -0.296 e. The van der Waals surface area contributed by atoms with Gasteiger partial charge in [0.05, 0.1) is 11.4 Å². The van der Waals surface area contributed by atoms with E-state index in [1.165, 1.54) is 40.5 Å². The van der Waals surface area contributed by atoms with Crippen molar-refractivity contribution in [2.45, 2.75) is 45.4 Å². The normalized spacial score (nSPS) is 12.0. The van der Waals surface area contributed by atoms with Crippen molar-refractivity contribution in [2.75, 3.05) is 12.8 Å². The molecule has 0 aliphatic carbocycles. The summed E-state index contributed by atoms with van der Waals surface area (Å²) in [6.45, 7) is 11.6. The molecule has 36 heavy (non-hydrogen) atoms. The number of halogens is 2. The molecular formula is C29H34F2N4S. The van der Waals surface area contributed by atoms with Crippen molar-refractivity contribution in [3.8, 4) is 11.3 Å². The van der Waals surface area contributed by atoms with E-state index in [1.807, 2.05) is 11.8 Å². The third-order valence-corrected chi connectivity index (χ3v) is 6.37. The lowest BCUT2D eigenvalue weighted by atomic mass is 10.1. The number of thioether (sulfide) groups is 1. The van der Waals surface area contributed by atoms with Crippen LogP contribution in [0.5, 0.6) is 0 Å². The molecule has 1 aromatic heterocycles. The Bertz CT molecular complexity index is 1220. The lowest BCUT2D eigenvalue weighted by molar-refractivity contribution is 0.507. The summed E-state index contributed by atoms with van der Waals surface area (Å²) < 4.78 is 26.8. The molecule has 0 bridgehead atoms. The zero-order valence-corrected chi connectivity index (χ0v) is 22.4. The van der Waals surface area contributed by atoms with E-state index in [4.69, 9.17) is 0 Å². The summed E-state index contributed by atoms with van der Waals surface area (Å²) in [5.41, 5.74) is 5.12. The van der Waals surface area contributed by atoms with E-state index >= 15 is 0 Å². The van der Waals surface area contributed by atoms with Crippen molar-refractivity contribution in [1.29, 1.82) is 0 Å². The van der Waals surface area contributed by atoms with Gasteiger partial charge in [0.15, 0.2) is 11.6 Å². The molecule has 0 radical (unpaired) electrons. The summed E-state index contributed by atoms with van der Waals surface area (Å²) >= 11 is 1.91. The van der Waals surface area contributed by atoms with E-state index < -0.39 is 11.6 Å². The smallest absolute Gasteiger partial charge is 0.167 e. The lowest BCUT2D eigenvalue weighted by Crippen LogP contribution is -2.02. The van der Waals surface area contributed by atoms with Gasteiger partial charge in [0.2, 0.25) is 0 Å². The second kappa shape index (κ2) is 14.9. The van der Waals surface area contributed by atoms with Gasteiger partial charge in [-0.1, -0.05) is 44.7 Å². The summed E-state index contributed by atoms with van der Waals surface area (Å²) in [5.74, 6) is -0.598. The molecule has 3 aromatic rings. The molecule has 0 spiro atoms. The molecule has 190 valence electrons. The highest BCUT2D eigenvalue weighted by atomic mass is 32.2. The van der Waals surface area contributed by atoms with Crippen LogP contribution in [0.15, 0.2) is 87.3 Å². The van der Waals surface area contributed by atoms with Crippen LogP contribution >= 0.6 is 11.8 Å². The largest absolute Gasteiger partial charge is 0.296 e. The molecule has 0 amide bonds. The number of H-pyrrole nitrogens is 1. The zero-order chi connectivity index (χ0) is 26.5. The summed E-state index contributed by atoms with van der Waals surface area (Å²) in [6, 6.07) is 14.8. The highest BCUT2D eigenvalue weighted by molar-refractivity contribution is 7.99. The van der Waals surface area contributed by atoms with Crippen molar-refractivity contribution in [3.63, 3.8) is 0 Å². The Morgan fingerprint density at radius 3 is 2.44 bits per heavy atom. The fraction of sp³-hybridized carbons (Fsp3) is 0.276. The minimum atomic E-state index is -0.894. The van der Waals surface area contributed by atoms with Crippen molar-refractivity contribution in [3.05, 3.63) is 95.3 Å². The van der Waals surface area contributed by atoms with Crippen molar-refractivity contribution >= 4 is 23.7 Å². The first-order chi connectivity index (χ1) is 17.3. The van der Waals surface area contributed by atoms with Crippen molar-refractivity contribution in [1.82, 2.24) is 10.2 Å². The van der Waals surface area contributed by atoms with Crippen LogP contribution in [0.3, 0.4) is 0 Å². The number of hydrogen-bond donors (Lipinski definition) is 1. The van der Waals surface area contributed by atoms with E-state index in [-0.39, 0.29) is 5.56 Å². The van der Waals surface area contributed by atoms with Crippen LogP contribution in [0.4, 0.5) is 8.78 Å². The van der Waals surface area contributed by atoms with Crippen LogP contribution in [-0.2, 0) is 6.42 Å². The van der Waals surface area contributed by atoms with Crippen LogP contribution in [0.2, 0.25) is 0 Å². The molecule has 1 N–H and O–H groups in total. The standard InChI is InChI=1S/C15H16F2N2.C14H18N2S/c1-5-14(10(2)9-18-4)19-11(3)12-7-6-8-13(16)15(12)17;1-3-9-17-13-7-5-11(6-8-13)14-10-12(4-2)15-16-14/h5-9H,2H2,1,3-4H3;5-8,10H,3-4,9H2,1-2H3,(H,15,16)/b14-5+,18-9?,19-11?;. The summed E-state index contributed by atoms with van der Waals surface area (Å²) in [6.07, 6.45) is 5.52. The number of allylic oxidation sites excluding steroid dienone is 2. The number of nitrogens with zero attached hydrogens (tertiary/aromatic N) is 3. The van der Waals surface area contributed by atoms with Gasteiger partial charge < -0.3 is 0 Å². The summed E-state index contributed by atoms with van der Waals surface area (Å²) in [7, 11) is 1.63. The van der Waals surface area contributed by atoms with Crippen molar-refractivity contribution in [2.24, 2.45) is 9.98 Å². The molecule has 0 fully saturated rings. The highest BCUT2D eigenvalue weighted by Crippen LogP contribution is 2.24. The number of rotatable bonds is 9. The van der Waals surface area contributed by atoms with Gasteiger partial charge in [-0.15, -0.1) is 11.8 Å². The molecule has 0 aliphatic rings. The topological polar surface area (TPSA) is 53.4 Å². The maximum Gasteiger partial charge on any atom is 0.167 e. The number of aryl methyl sites for hydroxylation is 1. The van der Waals surface area contributed by atoms with Crippen LogP contribution in [-0.4, -0.2) is 34.9 Å². The molecule has 0 atom stereocenters. The Balaban J connectivity index is 0.000000255. The number of nitrogens with one attached hydrogen (secondary N) is 1. The molecule has 0 saturated heterocycles. The minimum absolute atomic E-state index is 0.139. The van der Waals surface area contributed by atoms with E-state index in [0.717, 1.165) is 18.2 Å².